The van der Waals surface area contributed by atoms with E-state index < -0.39 is 18.2 Å². The highest BCUT2D eigenvalue weighted by Crippen LogP contribution is 2.36. The van der Waals surface area contributed by atoms with Crippen LogP contribution in [0.15, 0.2) is 0 Å². The molecule has 104 valence electrons. The summed E-state index contributed by atoms with van der Waals surface area (Å²) in [5.74, 6) is 0. The van der Waals surface area contributed by atoms with Crippen LogP contribution in [0, 0.1) is 16.7 Å². The number of nitriles is 1. The molecule has 1 aliphatic carbocycles. The largest absolute Gasteiger partial charge is 0.411 e. The van der Waals surface area contributed by atoms with E-state index >= 15 is 0 Å². The van der Waals surface area contributed by atoms with Crippen molar-refractivity contribution in [3.05, 3.63) is 0 Å². The molecule has 0 bridgehead atoms. The molecule has 1 rings (SSSR count). The summed E-state index contributed by atoms with van der Waals surface area (Å²) in [6.07, 6.45) is 3.14. The normalized spacial score (nSPS) is 20.8. The molecule has 0 N–H and O–H groups in total. The second-order valence-corrected chi connectivity index (χ2v) is 5.08. The van der Waals surface area contributed by atoms with Gasteiger partial charge in [-0.05, 0) is 19.3 Å². The summed E-state index contributed by atoms with van der Waals surface area (Å²) >= 11 is 0. The molecule has 0 atom stereocenters. The highest BCUT2D eigenvalue weighted by atomic mass is 19.4. The molecule has 5 heteroatoms. The van der Waals surface area contributed by atoms with Crippen molar-refractivity contribution in [3.63, 3.8) is 0 Å². The fourth-order valence-electron chi connectivity index (χ4n) is 2.46. The number of alkyl halides is 3. The SMILES string of the molecule is N#CC1(CCOCC(F)(F)F)CCCCCCC1. The van der Waals surface area contributed by atoms with Gasteiger partial charge in [-0.15, -0.1) is 0 Å². The van der Waals surface area contributed by atoms with E-state index in [1.807, 2.05) is 0 Å². The second-order valence-electron chi connectivity index (χ2n) is 5.08. The molecule has 1 aliphatic rings. The molecule has 1 saturated carbocycles. The van der Waals surface area contributed by atoms with Crippen molar-refractivity contribution in [2.75, 3.05) is 13.2 Å². The van der Waals surface area contributed by atoms with Crippen molar-refractivity contribution >= 4 is 0 Å². The summed E-state index contributed by atoms with van der Waals surface area (Å²) in [5, 5.41) is 9.29. The summed E-state index contributed by atoms with van der Waals surface area (Å²) < 4.78 is 40.4. The van der Waals surface area contributed by atoms with E-state index in [1.54, 1.807) is 0 Å². The molecular weight excluding hydrogens is 243 g/mol. The summed E-state index contributed by atoms with van der Waals surface area (Å²) in [7, 11) is 0. The number of rotatable bonds is 4. The molecule has 18 heavy (non-hydrogen) atoms. The van der Waals surface area contributed by atoms with Crippen LogP contribution in [0.4, 0.5) is 13.2 Å². The maximum absolute atomic E-state index is 11.9. The maximum Gasteiger partial charge on any atom is 0.411 e. The lowest BCUT2D eigenvalue weighted by Crippen LogP contribution is -2.24. The van der Waals surface area contributed by atoms with Crippen LogP contribution in [-0.2, 0) is 4.74 Å². The Morgan fingerprint density at radius 1 is 1.06 bits per heavy atom. The Labute approximate surface area is 106 Å². The minimum absolute atomic E-state index is 0.0209. The third-order valence-corrected chi connectivity index (χ3v) is 3.54. The maximum atomic E-state index is 11.9. The summed E-state index contributed by atoms with van der Waals surface area (Å²) in [4.78, 5) is 0. The zero-order valence-corrected chi connectivity index (χ0v) is 10.6. The minimum Gasteiger partial charge on any atom is -0.372 e. The van der Waals surface area contributed by atoms with Gasteiger partial charge in [0, 0.05) is 6.61 Å². The van der Waals surface area contributed by atoms with Gasteiger partial charge in [-0.25, -0.2) is 0 Å². The Bertz CT molecular complexity index is 275. The molecule has 1 fully saturated rings. The predicted octanol–water partition coefficient (Wildman–Crippen LogP) is 4.21. The van der Waals surface area contributed by atoms with Gasteiger partial charge in [0.1, 0.15) is 6.61 Å². The first kappa shape index (κ1) is 15.3. The van der Waals surface area contributed by atoms with Gasteiger partial charge < -0.3 is 4.74 Å². The molecule has 0 unspecified atom stereocenters. The third kappa shape index (κ3) is 5.72. The summed E-state index contributed by atoms with van der Waals surface area (Å²) in [5.41, 5.74) is -0.466. The van der Waals surface area contributed by atoms with E-state index in [4.69, 9.17) is 0 Å². The third-order valence-electron chi connectivity index (χ3n) is 3.54. The quantitative estimate of drug-likeness (QED) is 0.712. The number of hydrogen-bond acceptors (Lipinski definition) is 2. The van der Waals surface area contributed by atoms with Gasteiger partial charge in [-0.1, -0.05) is 32.1 Å². The number of hydrogen-bond donors (Lipinski definition) is 0. The fraction of sp³-hybridized carbons (Fsp3) is 0.923. The Morgan fingerprint density at radius 3 is 2.11 bits per heavy atom. The molecule has 0 aliphatic heterocycles. The molecule has 0 saturated heterocycles. The molecule has 0 spiro atoms. The van der Waals surface area contributed by atoms with Crippen LogP contribution < -0.4 is 0 Å². The van der Waals surface area contributed by atoms with Gasteiger partial charge in [0.2, 0.25) is 0 Å². The van der Waals surface area contributed by atoms with E-state index in [-0.39, 0.29) is 6.61 Å². The number of nitrogens with zero attached hydrogens (tertiary/aromatic N) is 1. The Kier molecular flexibility index (Phi) is 5.94. The molecule has 0 heterocycles. The first-order chi connectivity index (χ1) is 8.47. The van der Waals surface area contributed by atoms with Crippen molar-refractivity contribution in [2.45, 2.75) is 57.5 Å². The Balaban J connectivity index is 2.37. The predicted molar refractivity (Wildman–Crippen MR) is 61.9 cm³/mol. The van der Waals surface area contributed by atoms with Crippen LogP contribution in [0.3, 0.4) is 0 Å². The molecule has 2 nitrogen and oxygen atoms in total. The van der Waals surface area contributed by atoms with Crippen LogP contribution in [0.5, 0.6) is 0 Å². The van der Waals surface area contributed by atoms with Gasteiger partial charge in [0.05, 0.1) is 11.5 Å². The van der Waals surface area contributed by atoms with Gasteiger partial charge in [-0.3, -0.25) is 0 Å². The summed E-state index contributed by atoms with van der Waals surface area (Å²) in [6.45, 7) is -1.19. The molecule has 0 aromatic rings. The van der Waals surface area contributed by atoms with Gasteiger partial charge in [-0.2, -0.15) is 18.4 Å². The van der Waals surface area contributed by atoms with Gasteiger partial charge in [0.25, 0.3) is 0 Å². The topological polar surface area (TPSA) is 33.0 Å². The van der Waals surface area contributed by atoms with Crippen molar-refractivity contribution in [1.82, 2.24) is 0 Å². The van der Waals surface area contributed by atoms with E-state index in [9.17, 15) is 18.4 Å². The first-order valence-corrected chi connectivity index (χ1v) is 6.53. The second kappa shape index (κ2) is 6.98. The van der Waals surface area contributed by atoms with E-state index in [2.05, 4.69) is 10.8 Å². The number of ether oxygens (including phenoxy) is 1. The van der Waals surface area contributed by atoms with Crippen molar-refractivity contribution < 1.29 is 17.9 Å². The Hall–Kier alpha value is -0.760. The van der Waals surface area contributed by atoms with E-state index in [1.165, 1.54) is 6.42 Å². The molecule has 0 radical (unpaired) electrons. The van der Waals surface area contributed by atoms with E-state index in [0.717, 1.165) is 38.5 Å². The van der Waals surface area contributed by atoms with Crippen LogP contribution in [0.25, 0.3) is 0 Å². The fourth-order valence-corrected chi connectivity index (χ4v) is 2.46. The lowest BCUT2D eigenvalue weighted by Gasteiger charge is -2.28. The average molecular weight is 263 g/mol. The monoisotopic (exact) mass is 263 g/mol. The highest BCUT2D eigenvalue weighted by molar-refractivity contribution is 4.99. The van der Waals surface area contributed by atoms with E-state index in [0.29, 0.717) is 6.42 Å². The van der Waals surface area contributed by atoms with Crippen molar-refractivity contribution in [3.8, 4) is 6.07 Å². The Morgan fingerprint density at radius 2 is 1.61 bits per heavy atom. The van der Waals surface area contributed by atoms with Crippen LogP contribution in [0.2, 0.25) is 0 Å². The smallest absolute Gasteiger partial charge is 0.372 e. The number of halogens is 3. The van der Waals surface area contributed by atoms with Crippen LogP contribution in [-0.4, -0.2) is 19.4 Å². The standard InChI is InChI=1S/C13H20F3NO/c14-13(15,16)11-18-9-8-12(10-17)6-4-2-1-3-5-7-12/h1-9,11H2. The molecule has 0 amide bonds. The zero-order valence-electron chi connectivity index (χ0n) is 10.6. The van der Waals surface area contributed by atoms with Gasteiger partial charge >= 0.3 is 6.18 Å². The lowest BCUT2D eigenvalue weighted by atomic mass is 9.75. The average Bonchev–Trinajstić information content (AvgIpc) is 2.26. The van der Waals surface area contributed by atoms with Crippen molar-refractivity contribution in [1.29, 1.82) is 5.26 Å². The first-order valence-electron chi connectivity index (χ1n) is 6.53. The highest BCUT2D eigenvalue weighted by Gasteiger charge is 2.31. The minimum atomic E-state index is -4.28. The zero-order chi connectivity index (χ0) is 13.5. The lowest BCUT2D eigenvalue weighted by molar-refractivity contribution is -0.175. The van der Waals surface area contributed by atoms with Crippen molar-refractivity contribution in [2.24, 2.45) is 5.41 Å². The molecule has 0 aromatic carbocycles. The van der Waals surface area contributed by atoms with Gasteiger partial charge in [0.15, 0.2) is 0 Å². The molecule has 0 aromatic heterocycles. The molecular formula is C13H20F3NO. The van der Waals surface area contributed by atoms with Crippen LogP contribution >= 0.6 is 0 Å². The van der Waals surface area contributed by atoms with Crippen LogP contribution in [0.1, 0.15) is 51.4 Å². The summed E-state index contributed by atoms with van der Waals surface area (Å²) in [6, 6.07) is 2.32.